The molecule has 5 nitrogen and oxygen atoms in total. The molecule has 0 unspecified atom stereocenters. The third kappa shape index (κ3) is 2.71. The lowest BCUT2D eigenvalue weighted by atomic mass is 9.84. The summed E-state index contributed by atoms with van der Waals surface area (Å²) in [5.74, 6) is 0.329. The van der Waals surface area contributed by atoms with Crippen LogP contribution in [0.4, 0.5) is 4.39 Å². The molecular formula is C14H18FN3O2. The largest absolute Gasteiger partial charge is 0.391 e. The van der Waals surface area contributed by atoms with E-state index in [0.717, 1.165) is 5.56 Å². The summed E-state index contributed by atoms with van der Waals surface area (Å²) in [6.07, 6.45) is -0.780. The van der Waals surface area contributed by atoms with Gasteiger partial charge < -0.3 is 15.4 Å². The molecule has 0 aliphatic heterocycles. The maximum atomic E-state index is 13.0. The zero-order chi connectivity index (χ0) is 14.9. The van der Waals surface area contributed by atoms with Crippen LogP contribution in [0.3, 0.4) is 0 Å². The molecule has 1 aromatic carbocycles. The predicted molar refractivity (Wildman–Crippen MR) is 71.4 cm³/mol. The molecule has 0 saturated heterocycles. The summed E-state index contributed by atoms with van der Waals surface area (Å²) < 4.78 is 18.1. The Labute approximate surface area is 116 Å². The summed E-state index contributed by atoms with van der Waals surface area (Å²) in [5, 5.41) is 13.4. The zero-order valence-corrected chi connectivity index (χ0v) is 11.7. The van der Waals surface area contributed by atoms with Crippen LogP contribution in [-0.4, -0.2) is 21.4 Å². The van der Waals surface area contributed by atoms with Gasteiger partial charge in [-0.25, -0.2) is 4.39 Å². The van der Waals surface area contributed by atoms with Crippen LogP contribution in [0.15, 0.2) is 28.8 Å². The van der Waals surface area contributed by atoms with E-state index in [1.54, 1.807) is 19.1 Å². The van der Waals surface area contributed by atoms with E-state index in [4.69, 9.17) is 10.3 Å². The van der Waals surface area contributed by atoms with Crippen molar-refractivity contribution >= 4 is 0 Å². The minimum Gasteiger partial charge on any atom is -0.391 e. The molecule has 0 bridgehead atoms. The molecule has 0 spiro atoms. The van der Waals surface area contributed by atoms with Crippen molar-refractivity contribution in [1.29, 1.82) is 0 Å². The van der Waals surface area contributed by atoms with Crippen LogP contribution >= 0.6 is 0 Å². The van der Waals surface area contributed by atoms with Gasteiger partial charge in [-0.2, -0.15) is 4.98 Å². The maximum absolute atomic E-state index is 13.0. The fourth-order valence-electron chi connectivity index (χ4n) is 1.83. The van der Waals surface area contributed by atoms with E-state index in [2.05, 4.69) is 10.1 Å². The molecule has 2 rings (SSSR count). The Morgan fingerprint density at radius 3 is 2.45 bits per heavy atom. The van der Waals surface area contributed by atoms with E-state index in [1.807, 2.05) is 13.8 Å². The Hall–Kier alpha value is -1.79. The van der Waals surface area contributed by atoms with Crippen molar-refractivity contribution in [3.63, 3.8) is 0 Å². The van der Waals surface area contributed by atoms with Gasteiger partial charge in [0.25, 0.3) is 0 Å². The number of benzene rings is 1. The van der Waals surface area contributed by atoms with Crippen LogP contribution in [0.2, 0.25) is 0 Å². The highest BCUT2D eigenvalue weighted by Gasteiger charge is 2.30. The van der Waals surface area contributed by atoms with Gasteiger partial charge in [-0.3, -0.25) is 0 Å². The number of halogens is 1. The van der Waals surface area contributed by atoms with Gasteiger partial charge in [0.1, 0.15) is 11.9 Å². The summed E-state index contributed by atoms with van der Waals surface area (Å²) in [6, 6.07) is 5.42. The summed E-state index contributed by atoms with van der Waals surface area (Å²) >= 11 is 0. The second-order valence-corrected chi connectivity index (χ2v) is 5.35. The van der Waals surface area contributed by atoms with E-state index in [-0.39, 0.29) is 11.7 Å². The maximum Gasteiger partial charge on any atom is 0.246 e. The highest BCUT2D eigenvalue weighted by Crippen LogP contribution is 2.30. The molecule has 3 N–H and O–H groups in total. The first-order chi connectivity index (χ1) is 9.32. The van der Waals surface area contributed by atoms with Gasteiger partial charge in [0.05, 0.1) is 11.5 Å². The van der Waals surface area contributed by atoms with Crippen molar-refractivity contribution in [2.45, 2.75) is 38.3 Å². The molecular weight excluding hydrogens is 261 g/mol. The fourth-order valence-corrected chi connectivity index (χ4v) is 1.83. The minimum atomic E-state index is -0.780. The third-order valence-corrected chi connectivity index (χ3v) is 3.37. The first-order valence-electron chi connectivity index (χ1n) is 6.36. The summed E-state index contributed by atoms with van der Waals surface area (Å²) in [7, 11) is 0. The van der Waals surface area contributed by atoms with E-state index >= 15 is 0 Å². The SMILES string of the molecule is C[C@@H](O)[C@H](N)c1nc(C(C)(C)c2ccc(F)cc2)no1. The molecule has 0 radical (unpaired) electrons. The molecule has 20 heavy (non-hydrogen) atoms. The average Bonchev–Trinajstić information content (AvgIpc) is 2.88. The summed E-state index contributed by atoms with van der Waals surface area (Å²) in [6.45, 7) is 5.37. The highest BCUT2D eigenvalue weighted by molar-refractivity contribution is 5.30. The van der Waals surface area contributed by atoms with Crippen LogP contribution in [-0.2, 0) is 5.41 Å². The molecule has 6 heteroatoms. The Morgan fingerprint density at radius 2 is 1.90 bits per heavy atom. The second-order valence-electron chi connectivity index (χ2n) is 5.35. The number of aliphatic hydroxyl groups excluding tert-OH is 1. The van der Waals surface area contributed by atoms with E-state index < -0.39 is 17.6 Å². The molecule has 108 valence electrons. The monoisotopic (exact) mass is 279 g/mol. The van der Waals surface area contributed by atoms with Crippen LogP contribution < -0.4 is 5.73 Å². The van der Waals surface area contributed by atoms with Crippen molar-refractivity contribution < 1.29 is 14.0 Å². The molecule has 0 aliphatic rings. The van der Waals surface area contributed by atoms with Crippen molar-refractivity contribution in [2.24, 2.45) is 5.73 Å². The normalized spacial score (nSPS) is 15.1. The number of rotatable bonds is 4. The lowest BCUT2D eigenvalue weighted by Crippen LogP contribution is -2.24. The smallest absolute Gasteiger partial charge is 0.246 e. The number of nitrogens with zero attached hydrogens (tertiary/aromatic N) is 2. The van der Waals surface area contributed by atoms with Crippen LogP contribution in [0, 0.1) is 5.82 Å². The molecule has 1 heterocycles. The number of hydrogen-bond acceptors (Lipinski definition) is 5. The van der Waals surface area contributed by atoms with Crippen LogP contribution in [0.5, 0.6) is 0 Å². The van der Waals surface area contributed by atoms with Crippen molar-refractivity contribution in [3.05, 3.63) is 47.4 Å². The zero-order valence-electron chi connectivity index (χ0n) is 11.7. The Morgan fingerprint density at radius 1 is 1.30 bits per heavy atom. The first kappa shape index (κ1) is 14.6. The molecule has 0 saturated carbocycles. The van der Waals surface area contributed by atoms with Gasteiger partial charge >= 0.3 is 0 Å². The average molecular weight is 279 g/mol. The van der Waals surface area contributed by atoms with Crippen molar-refractivity contribution in [3.8, 4) is 0 Å². The molecule has 0 fully saturated rings. The van der Waals surface area contributed by atoms with Gasteiger partial charge in [0.15, 0.2) is 5.82 Å². The lowest BCUT2D eigenvalue weighted by molar-refractivity contribution is 0.146. The van der Waals surface area contributed by atoms with E-state index in [9.17, 15) is 9.50 Å². The molecule has 1 aromatic heterocycles. The van der Waals surface area contributed by atoms with Gasteiger partial charge in [-0.05, 0) is 38.5 Å². The van der Waals surface area contributed by atoms with Gasteiger partial charge in [-0.1, -0.05) is 17.3 Å². The number of aromatic nitrogens is 2. The van der Waals surface area contributed by atoms with Gasteiger partial charge in [0, 0.05) is 0 Å². The third-order valence-electron chi connectivity index (χ3n) is 3.37. The van der Waals surface area contributed by atoms with Gasteiger partial charge in [-0.15, -0.1) is 0 Å². The molecule has 2 atom stereocenters. The first-order valence-corrected chi connectivity index (χ1v) is 6.36. The topological polar surface area (TPSA) is 85.2 Å². The Balaban J connectivity index is 2.32. The van der Waals surface area contributed by atoms with Crippen molar-refractivity contribution in [1.82, 2.24) is 10.1 Å². The Bertz CT molecular complexity index is 578. The fraction of sp³-hybridized carbons (Fsp3) is 0.429. The highest BCUT2D eigenvalue weighted by atomic mass is 19.1. The molecule has 0 amide bonds. The van der Waals surface area contributed by atoms with Gasteiger partial charge in [0.2, 0.25) is 5.89 Å². The minimum absolute atomic E-state index is 0.185. The van der Waals surface area contributed by atoms with E-state index in [1.165, 1.54) is 12.1 Å². The molecule has 2 aromatic rings. The number of hydrogen-bond donors (Lipinski definition) is 2. The second kappa shape index (κ2) is 5.30. The molecule has 0 aliphatic carbocycles. The van der Waals surface area contributed by atoms with Crippen LogP contribution in [0.1, 0.15) is 44.1 Å². The predicted octanol–water partition coefficient (Wildman–Crippen LogP) is 1.92. The van der Waals surface area contributed by atoms with E-state index in [0.29, 0.717) is 5.82 Å². The quantitative estimate of drug-likeness (QED) is 0.893. The summed E-state index contributed by atoms with van der Waals surface area (Å²) in [5.41, 5.74) is 6.07. The Kier molecular flexibility index (Phi) is 3.87. The standard InChI is InChI=1S/C14H18FN3O2/c1-8(19)11(16)12-17-13(18-20-12)14(2,3)9-4-6-10(15)7-5-9/h4-8,11,19H,16H2,1-3H3/t8-,11+/m1/s1. The van der Waals surface area contributed by atoms with Crippen LogP contribution in [0.25, 0.3) is 0 Å². The van der Waals surface area contributed by atoms with Crippen molar-refractivity contribution in [2.75, 3.05) is 0 Å². The lowest BCUT2D eigenvalue weighted by Gasteiger charge is -2.20. The number of nitrogens with two attached hydrogens (primary N) is 1. The summed E-state index contributed by atoms with van der Waals surface area (Å²) in [4.78, 5) is 4.25. The number of aliphatic hydroxyl groups is 1.